The maximum absolute atomic E-state index is 11.7. The average molecular weight is 354 g/mol. The molecule has 138 valence electrons. The number of carbonyl (C=O) groups is 1. The van der Waals surface area contributed by atoms with E-state index < -0.39 is 5.41 Å². The van der Waals surface area contributed by atoms with Gasteiger partial charge in [0.2, 0.25) is 0 Å². The molecule has 0 fully saturated rings. The number of methoxy groups -OCH3 is 1. The standard InChI is InChI=1S/C20H21NO3.C2H6/c1-20(2,19(22)23-3)14-13-15-9-11-16(12-10-15)17-7-5-6-8-18(17)21-24-4;1-2/h5-12,21H,1-4H3;1-2H3/p+1. The molecule has 2 aromatic carbocycles. The van der Waals surface area contributed by atoms with Crippen molar-refractivity contribution in [3.8, 4) is 23.0 Å². The first-order valence-electron chi connectivity index (χ1n) is 8.65. The van der Waals surface area contributed by atoms with E-state index in [4.69, 9.17) is 9.57 Å². The van der Waals surface area contributed by atoms with E-state index in [0.717, 1.165) is 22.4 Å². The number of carbonyl (C=O) groups excluding carboxylic acids is 1. The van der Waals surface area contributed by atoms with Crippen LogP contribution in [0, 0.1) is 17.3 Å². The quantitative estimate of drug-likeness (QED) is 0.394. The predicted octanol–water partition coefficient (Wildman–Crippen LogP) is 3.69. The van der Waals surface area contributed by atoms with Gasteiger partial charge >= 0.3 is 5.97 Å². The van der Waals surface area contributed by atoms with Crippen molar-refractivity contribution >= 4 is 11.7 Å². The second kappa shape index (κ2) is 10.4. The molecule has 0 unspecified atom stereocenters. The maximum Gasteiger partial charge on any atom is 0.323 e. The molecule has 0 saturated heterocycles. The first-order valence-corrected chi connectivity index (χ1v) is 8.65. The molecule has 2 rings (SSSR count). The fourth-order valence-electron chi connectivity index (χ4n) is 2.26. The lowest BCUT2D eigenvalue weighted by Crippen LogP contribution is -2.76. The Morgan fingerprint density at radius 1 is 1.00 bits per heavy atom. The van der Waals surface area contributed by atoms with Crippen molar-refractivity contribution in [3.05, 3.63) is 54.1 Å². The van der Waals surface area contributed by atoms with Crippen LogP contribution >= 0.6 is 0 Å². The van der Waals surface area contributed by atoms with Crippen LogP contribution in [-0.2, 0) is 14.4 Å². The van der Waals surface area contributed by atoms with Gasteiger partial charge in [-0.05, 0) is 37.6 Å². The van der Waals surface area contributed by atoms with Crippen LogP contribution < -0.4 is 5.48 Å². The van der Waals surface area contributed by atoms with Crippen LogP contribution in [0.2, 0.25) is 0 Å². The van der Waals surface area contributed by atoms with Crippen molar-refractivity contribution in [2.24, 2.45) is 5.41 Å². The lowest BCUT2D eigenvalue weighted by molar-refractivity contribution is -0.829. The summed E-state index contributed by atoms with van der Waals surface area (Å²) in [6.07, 6.45) is 0. The minimum Gasteiger partial charge on any atom is -0.468 e. The van der Waals surface area contributed by atoms with Crippen molar-refractivity contribution in [3.63, 3.8) is 0 Å². The van der Waals surface area contributed by atoms with E-state index >= 15 is 0 Å². The lowest BCUT2D eigenvalue weighted by Gasteiger charge is -2.13. The molecule has 26 heavy (non-hydrogen) atoms. The molecule has 4 heteroatoms. The van der Waals surface area contributed by atoms with Crippen LogP contribution in [0.5, 0.6) is 0 Å². The van der Waals surface area contributed by atoms with E-state index in [1.165, 1.54) is 7.11 Å². The molecule has 0 aliphatic heterocycles. The zero-order valence-corrected chi connectivity index (χ0v) is 16.4. The molecule has 0 heterocycles. The molecular formula is C22H28NO3+. The lowest BCUT2D eigenvalue weighted by atomic mass is 9.94. The van der Waals surface area contributed by atoms with E-state index in [9.17, 15) is 4.79 Å². The van der Waals surface area contributed by atoms with Gasteiger partial charge in [0.25, 0.3) is 0 Å². The van der Waals surface area contributed by atoms with E-state index in [-0.39, 0.29) is 5.97 Å². The molecule has 2 N–H and O–H groups in total. The van der Waals surface area contributed by atoms with Crippen molar-refractivity contribution in [1.29, 1.82) is 0 Å². The highest BCUT2D eigenvalue weighted by molar-refractivity contribution is 5.79. The van der Waals surface area contributed by atoms with Gasteiger partial charge < -0.3 is 4.74 Å². The molecule has 0 aromatic heterocycles. The van der Waals surface area contributed by atoms with Crippen molar-refractivity contribution < 1.29 is 19.8 Å². The first-order chi connectivity index (χ1) is 12.5. The molecule has 4 nitrogen and oxygen atoms in total. The summed E-state index contributed by atoms with van der Waals surface area (Å²) >= 11 is 0. The van der Waals surface area contributed by atoms with E-state index in [0.29, 0.717) is 0 Å². The molecule has 0 saturated carbocycles. The Kier molecular flexibility index (Phi) is 8.57. The SMILES string of the molecule is CC.CO[NH2+]c1ccccc1-c1ccc(C#CC(C)(C)C(=O)OC)cc1. The number of esters is 1. The summed E-state index contributed by atoms with van der Waals surface area (Å²) in [7, 11) is 3.01. The summed E-state index contributed by atoms with van der Waals surface area (Å²) in [6, 6.07) is 15.9. The second-order valence-corrected chi connectivity index (χ2v) is 5.88. The highest BCUT2D eigenvalue weighted by Crippen LogP contribution is 2.25. The van der Waals surface area contributed by atoms with Gasteiger partial charge in [0.05, 0.1) is 14.2 Å². The van der Waals surface area contributed by atoms with Crippen molar-refractivity contribution in [2.75, 3.05) is 14.2 Å². The van der Waals surface area contributed by atoms with Crippen LogP contribution in [0.3, 0.4) is 0 Å². The van der Waals surface area contributed by atoms with Gasteiger partial charge in [0.15, 0.2) is 5.69 Å². The monoisotopic (exact) mass is 354 g/mol. The minimum atomic E-state index is -0.826. The van der Waals surface area contributed by atoms with Crippen LogP contribution in [0.15, 0.2) is 48.5 Å². The van der Waals surface area contributed by atoms with Gasteiger partial charge in [-0.25, -0.2) is 4.84 Å². The van der Waals surface area contributed by atoms with Crippen molar-refractivity contribution in [1.82, 2.24) is 0 Å². The van der Waals surface area contributed by atoms with E-state index in [1.807, 2.05) is 62.4 Å². The number of hydrogen-bond acceptors (Lipinski definition) is 3. The molecule has 0 aliphatic carbocycles. The summed E-state index contributed by atoms with van der Waals surface area (Å²) in [5.41, 5.74) is 4.94. The largest absolute Gasteiger partial charge is 0.468 e. The Bertz CT molecular complexity index is 768. The molecule has 0 spiro atoms. The normalized spacial score (nSPS) is 10.1. The molecule has 0 radical (unpaired) electrons. The van der Waals surface area contributed by atoms with Gasteiger partial charge in [-0.3, -0.25) is 4.79 Å². The van der Waals surface area contributed by atoms with Gasteiger partial charge in [0.1, 0.15) is 5.41 Å². The number of ether oxygens (including phenoxy) is 1. The molecular weight excluding hydrogens is 326 g/mol. The van der Waals surface area contributed by atoms with Crippen LogP contribution in [-0.4, -0.2) is 20.2 Å². The maximum atomic E-state index is 11.7. The third-order valence-corrected chi connectivity index (χ3v) is 3.62. The molecule has 2 aromatic rings. The fourth-order valence-corrected chi connectivity index (χ4v) is 2.26. The number of benzene rings is 2. The summed E-state index contributed by atoms with van der Waals surface area (Å²) < 4.78 is 4.76. The van der Waals surface area contributed by atoms with Crippen molar-refractivity contribution in [2.45, 2.75) is 27.7 Å². The second-order valence-electron chi connectivity index (χ2n) is 5.88. The summed E-state index contributed by atoms with van der Waals surface area (Å²) in [6.45, 7) is 7.49. The van der Waals surface area contributed by atoms with Gasteiger partial charge in [-0.15, -0.1) is 0 Å². The van der Waals surface area contributed by atoms with Crippen LogP contribution in [0.1, 0.15) is 33.3 Å². The molecule has 0 amide bonds. The van der Waals surface area contributed by atoms with Crippen LogP contribution in [0.4, 0.5) is 5.69 Å². The number of hydrogen-bond donors (Lipinski definition) is 1. The first kappa shape index (κ1) is 21.4. The summed E-state index contributed by atoms with van der Waals surface area (Å²) in [4.78, 5) is 16.8. The third-order valence-electron chi connectivity index (χ3n) is 3.62. The van der Waals surface area contributed by atoms with Gasteiger partial charge in [0, 0.05) is 17.2 Å². The summed E-state index contributed by atoms with van der Waals surface area (Å²) in [5.74, 6) is 5.66. The third kappa shape index (κ3) is 5.73. The topological polar surface area (TPSA) is 52.1 Å². The molecule has 0 bridgehead atoms. The Balaban J connectivity index is 0.00000163. The predicted molar refractivity (Wildman–Crippen MR) is 104 cm³/mol. The number of rotatable bonds is 4. The Hall–Kier alpha value is -2.61. The fraction of sp³-hybridized carbons (Fsp3) is 0.318. The number of quaternary nitrogens is 1. The minimum absolute atomic E-state index is 0.337. The Labute approximate surface area is 156 Å². The average Bonchev–Trinajstić information content (AvgIpc) is 2.68. The van der Waals surface area contributed by atoms with E-state index in [2.05, 4.69) is 11.8 Å². The Morgan fingerprint density at radius 2 is 1.62 bits per heavy atom. The van der Waals surface area contributed by atoms with Crippen LogP contribution in [0.25, 0.3) is 11.1 Å². The zero-order valence-electron chi connectivity index (χ0n) is 16.4. The highest BCUT2D eigenvalue weighted by Gasteiger charge is 2.25. The van der Waals surface area contributed by atoms with Gasteiger partial charge in [-0.1, -0.05) is 50.0 Å². The molecule has 0 atom stereocenters. The van der Waals surface area contributed by atoms with Gasteiger partial charge in [-0.2, -0.15) is 5.48 Å². The zero-order chi connectivity index (χ0) is 19.6. The Morgan fingerprint density at radius 3 is 2.19 bits per heavy atom. The highest BCUT2D eigenvalue weighted by atomic mass is 16.6. The molecule has 0 aliphatic rings. The van der Waals surface area contributed by atoms with E-state index in [1.54, 1.807) is 26.4 Å². The number of nitrogens with two attached hydrogens (primary N) is 1. The summed E-state index contributed by atoms with van der Waals surface area (Å²) in [5, 5.41) is 0. The smallest absolute Gasteiger partial charge is 0.323 e.